The van der Waals surface area contributed by atoms with Gasteiger partial charge in [-0.25, -0.2) is 31.1 Å². The summed E-state index contributed by atoms with van der Waals surface area (Å²) in [6, 6.07) is 27.4. The molecule has 6 rings (SSSR count). The fourth-order valence-corrected chi connectivity index (χ4v) is 10.9. The maximum absolute atomic E-state index is 16.2. The van der Waals surface area contributed by atoms with Gasteiger partial charge < -0.3 is 45.4 Å². The summed E-state index contributed by atoms with van der Waals surface area (Å²) in [5.41, 5.74) is 6.68. The van der Waals surface area contributed by atoms with E-state index in [4.69, 9.17) is 29.4 Å². The van der Waals surface area contributed by atoms with Crippen LogP contribution in [-0.2, 0) is 49.2 Å². The molecule has 0 saturated heterocycles. The monoisotopic (exact) mass is 1080 g/mol. The molecular weight excluding hydrogens is 1020 g/mol. The SMILES string of the molecule is COc1ccc(CN(Cc2ccc(OC)cc2)S(=O)(=O)c2c(S(=O)(=O)NCCNC(=O)OC(C)(C)C)ccc(-c3cccc(C(=O)NCCNC(=O)OC(C)(C)C)c3N)c2-c2nnn(Cc3ccc(OC)cc3)n2)cc1. The molecule has 22 nitrogen and oxygen atoms in total. The van der Waals surface area contributed by atoms with E-state index in [0.29, 0.717) is 33.9 Å². The number of carbonyl (C=O) groups is 3. The smallest absolute Gasteiger partial charge is 0.407 e. The predicted molar refractivity (Wildman–Crippen MR) is 284 cm³/mol. The Morgan fingerprint density at radius 3 is 1.61 bits per heavy atom. The first-order valence-corrected chi connectivity index (χ1v) is 26.8. The van der Waals surface area contributed by atoms with E-state index in [-0.39, 0.29) is 73.0 Å². The molecule has 1 heterocycles. The van der Waals surface area contributed by atoms with Crippen LogP contribution in [-0.4, -0.2) is 118 Å². The second-order valence-electron chi connectivity index (χ2n) is 19.1. The van der Waals surface area contributed by atoms with Crippen LogP contribution in [0.25, 0.3) is 22.5 Å². The standard InChI is InChI=1S/C52H64N10O12S2/c1-51(2,3)73-49(64)55-28-27-54-48(63)42-12-10-11-41(45(42)53)40-25-26-43(75(66,67)57-30-29-56-50(65)74-52(4,5)6)46(44(40)47-58-60-62(59-47)33-36-17-23-39(72-9)24-18-36)76(68,69)61(31-34-13-19-37(70-7)20-14-34)32-35-15-21-38(71-8)22-16-35/h10-26,57H,27-33,53H2,1-9H3,(H,54,63)(H,55,64)(H,56,65). The number of sulfonamides is 2. The average Bonchev–Trinajstić information content (AvgIpc) is 3.83. The second kappa shape index (κ2) is 24.7. The Hall–Kier alpha value is -7.80. The molecule has 5 aromatic carbocycles. The van der Waals surface area contributed by atoms with Gasteiger partial charge in [-0.1, -0.05) is 54.6 Å². The van der Waals surface area contributed by atoms with Gasteiger partial charge in [0, 0.05) is 44.8 Å². The average molecular weight is 1090 g/mol. The Morgan fingerprint density at radius 1 is 0.618 bits per heavy atom. The lowest BCUT2D eigenvalue weighted by Gasteiger charge is -2.26. The van der Waals surface area contributed by atoms with Gasteiger partial charge in [-0.2, -0.15) is 9.10 Å². The Bertz CT molecular complexity index is 3160. The number of tetrazole rings is 1. The number of para-hydroxylation sites is 1. The first-order valence-electron chi connectivity index (χ1n) is 23.9. The van der Waals surface area contributed by atoms with Gasteiger partial charge in [0.1, 0.15) is 38.2 Å². The molecule has 76 heavy (non-hydrogen) atoms. The normalized spacial score (nSPS) is 11.9. The highest BCUT2D eigenvalue weighted by molar-refractivity contribution is 7.92. The van der Waals surface area contributed by atoms with Crippen LogP contribution in [0.15, 0.2) is 113 Å². The number of hydrogen-bond donors (Lipinski definition) is 5. The van der Waals surface area contributed by atoms with Gasteiger partial charge in [0.25, 0.3) is 5.91 Å². The van der Waals surface area contributed by atoms with E-state index >= 15 is 8.42 Å². The third-order valence-corrected chi connectivity index (χ3v) is 14.5. The van der Waals surface area contributed by atoms with Crippen molar-refractivity contribution in [3.63, 3.8) is 0 Å². The second-order valence-corrected chi connectivity index (χ2v) is 22.7. The number of nitrogens with zero attached hydrogens (tertiary/aromatic N) is 5. The lowest BCUT2D eigenvalue weighted by Crippen LogP contribution is -2.38. The Labute approximate surface area is 442 Å². The molecule has 6 N–H and O–H groups in total. The van der Waals surface area contributed by atoms with Crippen LogP contribution in [0, 0.1) is 0 Å². The van der Waals surface area contributed by atoms with Crippen LogP contribution in [0.3, 0.4) is 0 Å². The minimum Gasteiger partial charge on any atom is -0.497 e. The molecule has 6 aromatic rings. The molecule has 0 bridgehead atoms. The molecule has 0 fully saturated rings. The van der Waals surface area contributed by atoms with Crippen molar-refractivity contribution in [1.82, 2.24) is 45.2 Å². The lowest BCUT2D eigenvalue weighted by molar-refractivity contribution is 0.0517. The molecule has 0 spiro atoms. The molecule has 3 amide bonds. The highest BCUT2D eigenvalue weighted by Gasteiger charge is 2.38. The van der Waals surface area contributed by atoms with Crippen molar-refractivity contribution in [2.24, 2.45) is 0 Å². The highest BCUT2D eigenvalue weighted by Crippen LogP contribution is 2.43. The molecule has 0 aliphatic rings. The number of nitrogen functional groups attached to an aromatic ring is 1. The molecule has 0 aliphatic heterocycles. The third-order valence-electron chi connectivity index (χ3n) is 11.0. The maximum atomic E-state index is 16.2. The number of carbonyl (C=O) groups excluding carboxylic acids is 3. The summed E-state index contributed by atoms with van der Waals surface area (Å²) < 4.78 is 92.3. The Balaban J connectivity index is 1.56. The van der Waals surface area contributed by atoms with E-state index < -0.39 is 65.7 Å². The van der Waals surface area contributed by atoms with Crippen molar-refractivity contribution in [3.8, 4) is 39.8 Å². The number of rotatable bonds is 22. The quantitative estimate of drug-likeness (QED) is 0.0378. The number of hydrogen-bond acceptors (Lipinski definition) is 16. The topological polar surface area (TPSA) is 287 Å². The van der Waals surface area contributed by atoms with E-state index in [2.05, 4.69) is 36.1 Å². The maximum Gasteiger partial charge on any atom is 0.407 e. The minimum absolute atomic E-state index is 0.00800. The molecule has 406 valence electrons. The van der Waals surface area contributed by atoms with Crippen molar-refractivity contribution in [2.75, 3.05) is 53.2 Å². The summed E-state index contributed by atoms with van der Waals surface area (Å²) in [4.78, 5) is 38.4. The zero-order valence-electron chi connectivity index (χ0n) is 43.8. The molecule has 1 aromatic heterocycles. The molecule has 0 unspecified atom stereocenters. The van der Waals surface area contributed by atoms with Crippen LogP contribution >= 0.6 is 0 Å². The number of nitrogens with two attached hydrogens (primary N) is 1. The van der Waals surface area contributed by atoms with E-state index in [1.165, 1.54) is 50.4 Å². The third kappa shape index (κ3) is 15.4. The number of ether oxygens (including phenoxy) is 5. The molecule has 0 radical (unpaired) electrons. The largest absolute Gasteiger partial charge is 0.497 e. The van der Waals surface area contributed by atoms with E-state index in [0.717, 1.165) is 10.4 Å². The zero-order chi connectivity index (χ0) is 55.4. The summed E-state index contributed by atoms with van der Waals surface area (Å²) in [5.74, 6) is 0.666. The van der Waals surface area contributed by atoms with E-state index in [1.54, 1.807) is 114 Å². The van der Waals surface area contributed by atoms with Crippen LogP contribution in [0.1, 0.15) is 68.6 Å². The van der Waals surface area contributed by atoms with Crippen molar-refractivity contribution < 1.29 is 54.9 Å². The Kier molecular flexibility index (Phi) is 18.7. The summed E-state index contributed by atoms with van der Waals surface area (Å²) >= 11 is 0. The number of alkyl carbamates (subject to hydrolysis) is 2. The van der Waals surface area contributed by atoms with Crippen molar-refractivity contribution in [1.29, 1.82) is 0 Å². The van der Waals surface area contributed by atoms with Crippen molar-refractivity contribution in [2.45, 2.75) is 82.2 Å². The van der Waals surface area contributed by atoms with Crippen LogP contribution in [0.2, 0.25) is 0 Å². The van der Waals surface area contributed by atoms with Crippen molar-refractivity contribution >= 4 is 43.8 Å². The van der Waals surface area contributed by atoms with Crippen LogP contribution in [0.5, 0.6) is 17.2 Å². The number of aromatic nitrogens is 4. The van der Waals surface area contributed by atoms with Crippen LogP contribution in [0.4, 0.5) is 15.3 Å². The minimum atomic E-state index is -5.08. The molecule has 0 aliphatic carbocycles. The lowest BCUT2D eigenvalue weighted by atomic mass is 9.95. The first kappa shape index (κ1) is 57.5. The first-order chi connectivity index (χ1) is 35.9. The number of amides is 3. The molecule has 0 atom stereocenters. The number of anilines is 1. The molecular formula is C52H64N10O12S2. The Morgan fingerprint density at radius 2 is 1.11 bits per heavy atom. The molecule has 0 saturated carbocycles. The summed E-state index contributed by atoms with van der Waals surface area (Å²) in [6.45, 7) is 8.98. The van der Waals surface area contributed by atoms with Gasteiger partial charge in [-0.05, 0) is 118 Å². The number of methoxy groups -OCH3 is 3. The fourth-order valence-electron chi connectivity index (χ4n) is 7.50. The summed E-state index contributed by atoms with van der Waals surface area (Å²) in [7, 11) is -5.41. The number of benzene rings is 5. The van der Waals surface area contributed by atoms with Gasteiger partial charge in [-0.15, -0.1) is 10.2 Å². The number of nitrogens with one attached hydrogen (secondary N) is 4. The molecule has 24 heteroatoms. The van der Waals surface area contributed by atoms with Gasteiger partial charge in [-0.3, -0.25) is 4.79 Å². The zero-order valence-corrected chi connectivity index (χ0v) is 45.4. The highest BCUT2D eigenvalue weighted by atomic mass is 32.2. The van der Waals surface area contributed by atoms with E-state index in [1.807, 2.05) is 0 Å². The summed E-state index contributed by atoms with van der Waals surface area (Å²) in [6.07, 6.45) is -1.48. The van der Waals surface area contributed by atoms with Gasteiger partial charge in [0.05, 0.1) is 44.7 Å². The fraction of sp³-hybridized carbons (Fsp3) is 0.346. The van der Waals surface area contributed by atoms with Gasteiger partial charge in [0.15, 0.2) is 0 Å². The van der Waals surface area contributed by atoms with Crippen molar-refractivity contribution in [3.05, 3.63) is 125 Å². The van der Waals surface area contributed by atoms with E-state index in [9.17, 15) is 22.8 Å². The summed E-state index contributed by atoms with van der Waals surface area (Å²) in [5, 5.41) is 21.1. The van der Waals surface area contributed by atoms with Crippen LogP contribution < -0.4 is 40.6 Å². The predicted octanol–water partition coefficient (Wildman–Crippen LogP) is 6.11. The van der Waals surface area contributed by atoms with Gasteiger partial charge in [0.2, 0.25) is 25.9 Å². The van der Waals surface area contributed by atoms with Gasteiger partial charge >= 0.3 is 12.2 Å².